The minimum absolute atomic E-state index is 0.799. The Morgan fingerprint density at radius 1 is 1.20 bits per heavy atom. The lowest BCUT2D eigenvalue weighted by molar-refractivity contribution is 0.756. The van der Waals surface area contributed by atoms with Gasteiger partial charge >= 0.3 is 0 Å². The molecule has 0 amide bonds. The number of anilines is 1. The first kappa shape index (κ1) is 9.77. The molecule has 1 aromatic carbocycles. The lowest BCUT2D eigenvalue weighted by Gasteiger charge is -2.03. The Kier molecular flexibility index (Phi) is 2.23. The molecule has 2 rings (SSSR count). The summed E-state index contributed by atoms with van der Waals surface area (Å²) in [7, 11) is 1.93. The van der Waals surface area contributed by atoms with Gasteiger partial charge in [-0.25, -0.2) is 0 Å². The maximum absolute atomic E-state index is 5.83. The fourth-order valence-corrected chi connectivity index (χ4v) is 1.85. The summed E-state index contributed by atoms with van der Waals surface area (Å²) in [5.41, 5.74) is 11.1. The number of rotatable bonds is 1. The van der Waals surface area contributed by atoms with E-state index in [1.807, 2.05) is 43.9 Å². The number of hydrogen-bond donors (Lipinski definition) is 1. The van der Waals surface area contributed by atoms with Gasteiger partial charge in [0.1, 0.15) is 0 Å². The lowest BCUT2D eigenvalue weighted by atomic mass is 10.0. The van der Waals surface area contributed by atoms with E-state index in [1.165, 1.54) is 5.56 Å². The lowest BCUT2D eigenvalue weighted by Crippen LogP contribution is -1.88. The Balaban J connectivity index is 2.58. The molecule has 15 heavy (non-hydrogen) atoms. The molecule has 0 saturated carbocycles. The van der Waals surface area contributed by atoms with Crippen molar-refractivity contribution in [2.45, 2.75) is 13.8 Å². The quantitative estimate of drug-likeness (QED) is 0.719. The highest BCUT2D eigenvalue weighted by Crippen LogP contribution is 2.25. The van der Waals surface area contributed by atoms with Crippen LogP contribution in [0.25, 0.3) is 11.1 Å². The molecule has 2 aromatic rings. The molecule has 0 aliphatic heterocycles. The van der Waals surface area contributed by atoms with Gasteiger partial charge in [0.2, 0.25) is 0 Å². The first-order valence-corrected chi connectivity index (χ1v) is 4.94. The second-order valence-electron chi connectivity index (χ2n) is 3.93. The summed E-state index contributed by atoms with van der Waals surface area (Å²) >= 11 is 0. The van der Waals surface area contributed by atoms with Gasteiger partial charge in [-0.3, -0.25) is 4.68 Å². The van der Waals surface area contributed by atoms with Crippen molar-refractivity contribution < 1.29 is 0 Å². The number of nitrogens with zero attached hydrogens (tertiary/aromatic N) is 2. The topological polar surface area (TPSA) is 43.8 Å². The fraction of sp³-hybridized carbons (Fsp3) is 0.250. The van der Waals surface area contributed by atoms with Gasteiger partial charge in [-0.15, -0.1) is 0 Å². The summed E-state index contributed by atoms with van der Waals surface area (Å²) in [4.78, 5) is 0. The zero-order valence-electron chi connectivity index (χ0n) is 9.28. The second-order valence-corrected chi connectivity index (χ2v) is 3.93. The van der Waals surface area contributed by atoms with Crippen LogP contribution in [0.5, 0.6) is 0 Å². The third-order valence-electron chi connectivity index (χ3n) is 2.42. The third kappa shape index (κ3) is 1.86. The normalized spacial score (nSPS) is 10.6. The molecule has 0 spiro atoms. The van der Waals surface area contributed by atoms with Crippen molar-refractivity contribution in [1.29, 1.82) is 0 Å². The van der Waals surface area contributed by atoms with E-state index >= 15 is 0 Å². The van der Waals surface area contributed by atoms with Gasteiger partial charge in [-0.1, -0.05) is 6.07 Å². The van der Waals surface area contributed by atoms with Gasteiger partial charge in [0.15, 0.2) is 0 Å². The minimum Gasteiger partial charge on any atom is -0.399 e. The van der Waals surface area contributed by atoms with Crippen LogP contribution >= 0.6 is 0 Å². The highest BCUT2D eigenvalue weighted by molar-refractivity contribution is 5.69. The van der Waals surface area contributed by atoms with Crippen molar-refractivity contribution >= 4 is 5.69 Å². The van der Waals surface area contributed by atoms with Gasteiger partial charge in [-0.05, 0) is 37.1 Å². The van der Waals surface area contributed by atoms with E-state index in [1.54, 1.807) is 0 Å². The zero-order chi connectivity index (χ0) is 11.0. The molecule has 0 radical (unpaired) electrons. The Morgan fingerprint density at radius 3 is 2.47 bits per heavy atom. The molecule has 0 atom stereocenters. The van der Waals surface area contributed by atoms with Crippen LogP contribution in [0.1, 0.15) is 11.3 Å². The molecule has 0 aliphatic carbocycles. The maximum atomic E-state index is 5.83. The summed E-state index contributed by atoms with van der Waals surface area (Å²) in [6.07, 6.45) is 2.02. The van der Waals surface area contributed by atoms with Crippen molar-refractivity contribution in [1.82, 2.24) is 9.78 Å². The highest BCUT2D eigenvalue weighted by atomic mass is 15.2. The van der Waals surface area contributed by atoms with Crippen LogP contribution in [-0.4, -0.2) is 9.78 Å². The number of aryl methyl sites for hydroxylation is 3. The summed E-state index contributed by atoms with van der Waals surface area (Å²) in [5.74, 6) is 0. The molecule has 0 bridgehead atoms. The monoisotopic (exact) mass is 201 g/mol. The number of nitrogens with two attached hydrogens (primary N) is 1. The van der Waals surface area contributed by atoms with Crippen LogP contribution in [0, 0.1) is 13.8 Å². The van der Waals surface area contributed by atoms with Crippen molar-refractivity contribution in [3.05, 3.63) is 35.7 Å². The van der Waals surface area contributed by atoms with Gasteiger partial charge in [-0.2, -0.15) is 5.10 Å². The molecule has 3 nitrogen and oxygen atoms in total. The predicted molar refractivity (Wildman–Crippen MR) is 62.5 cm³/mol. The number of aromatic nitrogens is 2. The van der Waals surface area contributed by atoms with Crippen LogP contribution in [0.15, 0.2) is 24.4 Å². The maximum Gasteiger partial charge on any atom is 0.0671 e. The van der Waals surface area contributed by atoms with Crippen LogP contribution in [0.3, 0.4) is 0 Å². The Bertz CT molecular complexity index is 477. The molecule has 0 saturated heterocycles. The van der Waals surface area contributed by atoms with E-state index in [-0.39, 0.29) is 0 Å². The van der Waals surface area contributed by atoms with Crippen molar-refractivity contribution in [3.63, 3.8) is 0 Å². The standard InChI is InChI=1S/C12H15N3/c1-8-4-10(6-11(13)5-8)12-7-15(3)14-9(12)2/h4-7H,13H2,1-3H3. The highest BCUT2D eigenvalue weighted by Gasteiger charge is 2.06. The Morgan fingerprint density at radius 2 is 1.93 bits per heavy atom. The van der Waals surface area contributed by atoms with Gasteiger partial charge in [0.25, 0.3) is 0 Å². The van der Waals surface area contributed by atoms with Gasteiger partial charge in [0.05, 0.1) is 5.69 Å². The molecule has 2 N–H and O–H groups in total. The average Bonchev–Trinajstić information content (AvgIpc) is 2.43. The Labute approximate surface area is 89.5 Å². The van der Waals surface area contributed by atoms with E-state index in [2.05, 4.69) is 11.2 Å². The number of nitrogen functional groups attached to an aromatic ring is 1. The molecule has 0 aliphatic rings. The fourth-order valence-electron chi connectivity index (χ4n) is 1.85. The SMILES string of the molecule is Cc1cc(N)cc(-c2cn(C)nc2C)c1. The first-order valence-electron chi connectivity index (χ1n) is 4.94. The largest absolute Gasteiger partial charge is 0.399 e. The summed E-state index contributed by atoms with van der Waals surface area (Å²) in [6, 6.07) is 6.08. The molecular formula is C12H15N3. The second kappa shape index (κ2) is 3.42. The molecule has 1 aromatic heterocycles. The molecule has 0 unspecified atom stereocenters. The van der Waals surface area contributed by atoms with Crippen molar-refractivity contribution in [2.24, 2.45) is 7.05 Å². The van der Waals surface area contributed by atoms with E-state index in [0.29, 0.717) is 0 Å². The zero-order valence-corrected chi connectivity index (χ0v) is 9.28. The number of benzene rings is 1. The molecule has 1 heterocycles. The van der Waals surface area contributed by atoms with Crippen LogP contribution in [-0.2, 0) is 7.05 Å². The summed E-state index contributed by atoms with van der Waals surface area (Å²) < 4.78 is 1.82. The van der Waals surface area contributed by atoms with E-state index < -0.39 is 0 Å². The summed E-state index contributed by atoms with van der Waals surface area (Å²) in [5, 5.41) is 4.32. The Hall–Kier alpha value is -1.77. The molecular weight excluding hydrogens is 186 g/mol. The predicted octanol–water partition coefficient (Wildman–Crippen LogP) is 2.29. The molecule has 78 valence electrons. The third-order valence-corrected chi connectivity index (χ3v) is 2.42. The minimum atomic E-state index is 0.799. The molecule has 3 heteroatoms. The van der Waals surface area contributed by atoms with Crippen molar-refractivity contribution in [3.8, 4) is 11.1 Å². The smallest absolute Gasteiger partial charge is 0.0671 e. The summed E-state index contributed by atoms with van der Waals surface area (Å²) in [6.45, 7) is 4.05. The molecule has 0 fully saturated rings. The van der Waals surface area contributed by atoms with E-state index in [9.17, 15) is 0 Å². The first-order chi connectivity index (χ1) is 7.06. The van der Waals surface area contributed by atoms with Crippen molar-refractivity contribution in [2.75, 3.05) is 5.73 Å². The van der Waals surface area contributed by atoms with Crippen LogP contribution in [0.2, 0.25) is 0 Å². The number of hydrogen-bond acceptors (Lipinski definition) is 2. The van der Waals surface area contributed by atoms with Gasteiger partial charge < -0.3 is 5.73 Å². The van der Waals surface area contributed by atoms with Crippen LogP contribution in [0.4, 0.5) is 5.69 Å². The van der Waals surface area contributed by atoms with Crippen LogP contribution < -0.4 is 5.73 Å². The van der Waals surface area contributed by atoms with E-state index in [4.69, 9.17) is 5.73 Å². The van der Waals surface area contributed by atoms with E-state index in [0.717, 1.165) is 22.5 Å². The van der Waals surface area contributed by atoms with Gasteiger partial charge in [0, 0.05) is 24.5 Å². The average molecular weight is 201 g/mol.